The molecule has 2 aromatic heterocycles. The summed E-state index contributed by atoms with van der Waals surface area (Å²) in [6, 6.07) is 1.87. The third-order valence-electron chi connectivity index (χ3n) is 3.97. The molecule has 8 heteroatoms. The smallest absolute Gasteiger partial charge is 0.191 e. The summed E-state index contributed by atoms with van der Waals surface area (Å²) < 4.78 is 7.32. The molecule has 0 spiro atoms. The van der Waals surface area contributed by atoms with E-state index in [0.29, 0.717) is 5.96 Å². The van der Waals surface area contributed by atoms with Crippen LogP contribution in [0.1, 0.15) is 36.5 Å². The quantitative estimate of drug-likeness (QED) is 0.325. The molecule has 2 aromatic rings. The van der Waals surface area contributed by atoms with Gasteiger partial charge in [0.05, 0.1) is 12.7 Å². The first kappa shape index (κ1) is 22.5. The summed E-state index contributed by atoms with van der Waals surface area (Å²) in [6.45, 7) is 9.24. The highest BCUT2D eigenvalue weighted by molar-refractivity contribution is 14.0. The predicted octanol–water partition coefficient (Wildman–Crippen LogP) is 2.25. The van der Waals surface area contributed by atoms with Gasteiger partial charge in [0.15, 0.2) is 5.96 Å². The maximum atomic E-state index is 10.8. The van der Waals surface area contributed by atoms with E-state index >= 15 is 0 Å². The van der Waals surface area contributed by atoms with Gasteiger partial charge in [-0.25, -0.2) is 4.99 Å². The molecule has 7 nitrogen and oxygen atoms in total. The number of hydrogen-bond acceptors (Lipinski definition) is 4. The maximum Gasteiger partial charge on any atom is 0.191 e. The van der Waals surface area contributed by atoms with Gasteiger partial charge in [-0.2, -0.15) is 5.10 Å². The number of guanidine groups is 1. The zero-order valence-electron chi connectivity index (χ0n) is 16.2. The molecule has 0 bridgehead atoms. The summed E-state index contributed by atoms with van der Waals surface area (Å²) in [5.74, 6) is 2.20. The van der Waals surface area contributed by atoms with E-state index in [1.807, 2.05) is 46.3 Å². The molecular weight excluding hydrogens is 445 g/mol. The molecule has 0 radical (unpaired) electrons. The predicted molar refractivity (Wildman–Crippen MR) is 114 cm³/mol. The molecule has 1 unspecified atom stereocenters. The second kappa shape index (κ2) is 9.96. The van der Waals surface area contributed by atoms with E-state index < -0.39 is 5.60 Å². The van der Waals surface area contributed by atoms with Gasteiger partial charge in [-0.3, -0.25) is 4.68 Å². The van der Waals surface area contributed by atoms with Gasteiger partial charge in [-0.05, 0) is 45.7 Å². The van der Waals surface area contributed by atoms with Crippen molar-refractivity contribution in [2.24, 2.45) is 12.0 Å². The molecule has 0 aromatic carbocycles. The highest BCUT2D eigenvalue weighted by Gasteiger charge is 2.27. The van der Waals surface area contributed by atoms with Crippen LogP contribution in [0, 0.1) is 13.8 Å². The van der Waals surface area contributed by atoms with Crippen molar-refractivity contribution in [2.45, 2.75) is 39.7 Å². The fourth-order valence-corrected chi connectivity index (χ4v) is 2.75. The van der Waals surface area contributed by atoms with Gasteiger partial charge in [0.2, 0.25) is 0 Å². The lowest BCUT2D eigenvalue weighted by Gasteiger charge is -2.21. The van der Waals surface area contributed by atoms with Gasteiger partial charge in [-0.1, -0.05) is 0 Å². The Morgan fingerprint density at radius 3 is 2.65 bits per heavy atom. The Balaban J connectivity index is 0.00000338. The Morgan fingerprint density at radius 2 is 2.12 bits per heavy atom. The van der Waals surface area contributed by atoms with Gasteiger partial charge in [0, 0.05) is 31.9 Å². The number of aliphatic imine (C=N–C) groups is 1. The average Bonchev–Trinajstić information content (AvgIpc) is 3.10. The molecule has 0 aliphatic heterocycles. The fraction of sp³-hybridized carbons (Fsp3) is 0.556. The van der Waals surface area contributed by atoms with E-state index in [2.05, 4.69) is 20.7 Å². The van der Waals surface area contributed by atoms with Gasteiger partial charge in [0.25, 0.3) is 0 Å². The number of nitrogens with zero attached hydrogens (tertiary/aromatic N) is 3. The van der Waals surface area contributed by atoms with Gasteiger partial charge >= 0.3 is 0 Å². The van der Waals surface area contributed by atoms with Crippen molar-refractivity contribution in [1.82, 2.24) is 20.4 Å². The zero-order valence-corrected chi connectivity index (χ0v) is 18.5. The van der Waals surface area contributed by atoms with Crippen LogP contribution in [0.2, 0.25) is 0 Å². The third-order valence-corrected chi connectivity index (χ3v) is 3.97. The Labute approximate surface area is 172 Å². The molecule has 146 valence electrons. The highest BCUT2D eigenvalue weighted by Crippen LogP contribution is 2.27. The van der Waals surface area contributed by atoms with E-state index in [0.717, 1.165) is 36.6 Å². The van der Waals surface area contributed by atoms with Crippen molar-refractivity contribution in [3.8, 4) is 0 Å². The van der Waals surface area contributed by atoms with Crippen LogP contribution in [-0.2, 0) is 19.1 Å². The van der Waals surface area contributed by atoms with Crippen molar-refractivity contribution < 1.29 is 9.52 Å². The number of furan rings is 1. The largest absolute Gasteiger partial charge is 0.466 e. The molecule has 0 amide bonds. The van der Waals surface area contributed by atoms with Crippen molar-refractivity contribution in [3.63, 3.8) is 0 Å². The first-order valence-electron chi connectivity index (χ1n) is 8.61. The molecule has 1 atom stereocenters. The molecule has 2 heterocycles. The number of aryl methyl sites for hydroxylation is 3. The first-order valence-corrected chi connectivity index (χ1v) is 8.61. The Hall–Kier alpha value is -1.55. The van der Waals surface area contributed by atoms with Crippen LogP contribution < -0.4 is 10.6 Å². The second-order valence-corrected chi connectivity index (χ2v) is 6.49. The molecule has 26 heavy (non-hydrogen) atoms. The Kier molecular flexibility index (Phi) is 8.61. The monoisotopic (exact) mass is 475 g/mol. The van der Waals surface area contributed by atoms with E-state index in [9.17, 15) is 5.11 Å². The molecule has 0 fully saturated rings. The normalized spacial score (nSPS) is 13.8. The van der Waals surface area contributed by atoms with Gasteiger partial charge in [-0.15, -0.1) is 24.0 Å². The standard InChI is InChI=1S/C18H29N5O2.HI/c1-6-19-17(20-8-7-15-10-22-23(5)11-15)21-12-18(4,24)16-9-13(2)25-14(16)3;/h9-11,24H,6-8,12H2,1-5H3,(H2,19,20,21);1H. The summed E-state index contributed by atoms with van der Waals surface area (Å²) in [5.41, 5.74) is 0.871. The lowest BCUT2D eigenvalue weighted by molar-refractivity contribution is 0.0657. The van der Waals surface area contributed by atoms with Crippen LogP contribution in [0.3, 0.4) is 0 Å². The van der Waals surface area contributed by atoms with Gasteiger partial charge < -0.3 is 20.2 Å². The van der Waals surface area contributed by atoms with Crippen LogP contribution in [-0.4, -0.2) is 40.5 Å². The summed E-state index contributed by atoms with van der Waals surface area (Å²) in [6.07, 6.45) is 4.72. The van der Waals surface area contributed by atoms with Crippen molar-refractivity contribution in [3.05, 3.63) is 41.1 Å². The first-order chi connectivity index (χ1) is 11.8. The third kappa shape index (κ3) is 6.31. The van der Waals surface area contributed by atoms with E-state index in [1.54, 1.807) is 11.6 Å². The van der Waals surface area contributed by atoms with Crippen LogP contribution in [0.15, 0.2) is 27.9 Å². The fourth-order valence-electron chi connectivity index (χ4n) is 2.75. The zero-order chi connectivity index (χ0) is 18.4. The molecule has 3 N–H and O–H groups in total. The van der Waals surface area contributed by atoms with E-state index in [4.69, 9.17) is 4.42 Å². The number of halogens is 1. The number of aromatic nitrogens is 2. The maximum absolute atomic E-state index is 10.8. The number of hydrogen-bond donors (Lipinski definition) is 3. The summed E-state index contributed by atoms with van der Waals surface area (Å²) in [5, 5.41) is 21.4. The SMILES string of the molecule is CCNC(=NCC(C)(O)c1cc(C)oc1C)NCCc1cnn(C)c1.I. The summed E-state index contributed by atoms with van der Waals surface area (Å²) in [4.78, 5) is 4.53. The van der Waals surface area contributed by atoms with Crippen molar-refractivity contribution in [2.75, 3.05) is 19.6 Å². The van der Waals surface area contributed by atoms with Gasteiger partial charge in [0.1, 0.15) is 17.1 Å². The van der Waals surface area contributed by atoms with Crippen molar-refractivity contribution >= 4 is 29.9 Å². The minimum Gasteiger partial charge on any atom is -0.466 e. The minimum atomic E-state index is -1.08. The lowest BCUT2D eigenvalue weighted by Crippen LogP contribution is -2.39. The van der Waals surface area contributed by atoms with Crippen molar-refractivity contribution in [1.29, 1.82) is 0 Å². The molecular formula is C18H30IN5O2. The van der Waals surface area contributed by atoms with Crippen LogP contribution in [0.25, 0.3) is 0 Å². The van der Waals surface area contributed by atoms with E-state index in [-0.39, 0.29) is 30.5 Å². The highest BCUT2D eigenvalue weighted by atomic mass is 127. The molecule has 0 saturated carbocycles. The molecule has 0 aliphatic rings. The minimum absolute atomic E-state index is 0. The van der Waals surface area contributed by atoms with Crippen LogP contribution in [0.4, 0.5) is 0 Å². The lowest BCUT2D eigenvalue weighted by atomic mass is 9.96. The summed E-state index contributed by atoms with van der Waals surface area (Å²) >= 11 is 0. The molecule has 0 aliphatic carbocycles. The number of rotatable bonds is 7. The Morgan fingerprint density at radius 1 is 1.38 bits per heavy atom. The number of nitrogens with one attached hydrogen (secondary N) is 2. The van der Waals surface area contributed by atoms with E-state index in [1.165, 1.54) is 5.56 Å². The molecule has 2 rings (SSSR count). The number of aliphatic hydroxyl groups is 1. The van der Waals surface area contributed by atoms with Crippen LogP contribution >= 0.6 is 24.0 Å². The topological polar surface area (TPSA) is 87.6 Å². The van der Waals surface area contributed by atoms with Crippen LogP contribution in [0.5, 0.6) is 0 Å². The summed E-state index contributed by atoms with van der Waals surface area (Å²) in [7, 11) is 1.91. The second-order valence-electron chi connectivity index (χ2n) is 6.49. The Bertz CT molecular complexity index is 721. The molecule has 0 saturated heterocycles. The average molecular weight is 475 g/mol.